The summed E-state index contributed by atoms with van der Waals surface area (Å²) in [5.74, 6) is -0.997. The molecule has 0 spiro atoms. The Bertz CT molecular complexity index is 881. The number of nitriles is 1. The van der Waals surface area contributed by atoms with E-state index in [-0.39, 0.29) is 18.8 Å². The van der Waals surface area contributed by atoms with Gasteiger partial charge in [-0.05, 0) is 42.3 Å². The number of hydrogen-bond donors (Lipinski definition) is 3. The zero-order chi connectivity index (χ0) is 20.4. The van der Waals surface area contributed by atoms with Crippen molar-refractivity contribution in [3.63, 3.8) is 0 Å². The number of aliphatic hydroxyl groups is 1. The Morgan fingerprint density at radius 2 is 1.75 bits per heavy atom. The molecule has 0 atom stereocenters. The fraction of sp³-hybridized carbons (Fsp3) is 0.190. The van der Waals surface area contributed by atoms with Crippen molar-refractivity contribution in [1.82, 2.24) is 5.32 Å². The fourth-order valence-corrected chi connectivity index (χ4v) is 2.28. The highest BCUT2D eigenvalue weighted by Gasteiger charge is 2.10. The Morgan fingerprint density at radius 3 is 2.32 bits per heavy atom. The molecule has 0 heterocycles. The van der Waals surface area contributed by atoms with Crippen molar-refractivity contribution in [2.75, 3.05) is 11.9 Å². The summed E-state index contributed by atoms with van der Waals surface area (Å²) in [5.41, 5.74) is 2.51. The summed E-state index contributed by atoms with van der Waals surface area (Å²) < 4.78 is 4.90. The van der Waals surface area contributed by atoms with Crippen LogP contribution in [0.4, 0.5) is 5.69 Å². The molecule has 28 heavy (non-hydrogen) atoms. The summed E-state index contributed by atoms with van der Waals surface area (Å²) in [5, 5.41) is 23.8. The highest BCUT2D eigenvalue weighted by molar-refractivity contribution is 6.06. The largest absolute Gasteiger partial charge is 0.462 e. The molecule has 0 radical (unpaired) electrons. The summed E-state index contributed by atoms with van der Waals surface area (Å²) in [6, 6.07) is 15.4. The Hall–Kier alpha value is -3.63. The number of anilines is 1. The van der Waals surface area contributed by atoms with Gasteiger partial charge in [0.1, 0.15) is 11.6 Å². The second-order valence-electron chi connectivity index (χ2n) is 5.78. The summed E-state index contributed by atoms with van der Waals surface area (Å²) in [4.78, 5) is 23.9. The van der Waals surface area contributed by atoms with Gasteiger partial charge in [-0.1, -0.05) is 24.3 Å². The summed E-state index contributed by atoms with van der Waals surface area (Å²) >= 11 is 0. The van der Waals surface area contributed by atoms with Crippen LogP contribution in [-0.2, 0) is 22.7 Å². The van der Waals surface area contributed by atoms with Crippen molar-refractivity contribution in [3.05, 3.63) is 77.0 Å². The number of hydrogen-bond acceptors (Lipinski definition) is 6. The van der Waals surface area contributed by atoms with Gasteiger partial charge in [-0.15, -0.1) is 0 Å². The fourth-order valence-electron chi connectivity index (χ4n) is 2.28. The minimum atomic E-state index is -0.561. The van der Waals surface area contributed by atoms with E-state index in [9.17, 15) is 14.9 Å². The minimum absolute atomic E-state index is 0.0207. The maximum atomic E-state index is 12.2. The van der Waals surface area contributed by atoms with E-state index in [2.05, 4.69) is 10.6 Å². The quantitative estimate of drug-likeness (QED) is 0.369. The van der Waals surface area contributed by atoms with Gasteiger partial charge in [0, 0.05) is 18.4 Å². The highest BCUT2D eigenvalue weighted by atomic mass is 16.5. The molecule has 0 aliphatic carbocycles. The molecule has 0 aliphatic heterocycles. The van der Waals surface area contributed by atoms with E-state index in [0.717, 1.165) is 11.1 Å². The number of nitrogens with zero attached hydrogens (tertiary/aromatic N) is 1. The van der Waals surface area contributed by atoms with Crippen LogP contribution in [0, 0.1) is 11.3 Å². The van der Waals surface area contributed by atoms with Crippen LogP contribution in [0.15, 0.2) is 60.3 Å². The van der Waals surface area contributed by atoms with Crippen molar-refractivity contribution < 1.29 is 19.4 Å². The van der Waals surface area contributed by atoms with Crippen LogP contribution in [0.25, 0.3) is 0 Å². The van der Waals surface area contributed by atoms with Crippen molar-refractivity contribution in [1.29, 1.82) is 5.26 Å². The number of carbonyl (C=O) groups excluding carboxylic acids is 2. The number of esters is 1. The van der Waals surface area contributed by atoms with Crippen LogP contribution in [0.1, 0.15) is 28.4 Å². The number of amides is 1. The predicted molar refractivity (Wildman–Crippen MR) is 104 cm³/mol. The topological polar surface area (TPSA) is 111 Å². The van der Waals surface area contributed by atoms with Crippen LogP contribution in [0.3, 0.4) is 0 Å². The average Bonchev–Trinajstić information content (AvgIpc) is 2.72. The van der Waals surface area contributed by atoms with E-state index < -0.39 is 11.9 Å². The molecular formula is C21H21N3O4. The van der Waals surface area contributed by atoms with Crippen molar-refractivity contribution in [3.8, 4) is 6.07 Å². The second kappa shape index (κ2) is 10.5. The first-order valence-corrected chi connectivity index (χ1v) is 8.68. The number of carbonyl (C=O) groups is 2. The van der Waals surface area contributed by atoms with E-state index in [1.165, 1.54) is 18.3 Å². The summed E-state index contributed by atoms with van der Waals surface area (Å²) in [7, 11) is 0. The molecule has 0 aliphatic rings. The molecule has 7 nitrogen and oxygen atoms in total. The third-order valence-corrected chi connectivity index (χ3v) is 3.78. The Kier molecular flexibility index (Phi) is 7.76. The van der Waals surface area contributed by atoms with Crippen LogP contribution < -0.4 is 10.6 Å². The Balaban J connectivity index is 1.93. The molecule has 3 N–H and O–H groups in total. The van der Waals surface area contributed by atoms with Crippen molar-refractivity contribution >= 4 is 17.6 Å². The molecule has 0 bridgehead atoms. The van der Waals surface area contributed by atoms with Crippen LogP contribution in [0.5, 0.6) is 0 Å². The monoisotopic (exact) mass is 379 g/mol. The average molecular weight is 379 g/mol. The van der Waals surface area contributed by atoms with Crippen molar-refractivity contribution in [2.24, 2.45) is 0 Å². The molecule has 0 saturated heterocycles. The van der Waals surface area contributed by atoms with Crippen LogP contribution >= 0.6 is 0 Å². The molecule has 2 aromatic rings. The first-order chi connectivity index (χ1) is 13.6. The van der Waals surface area contributed by atoms with E-state index in [0.29, 0.717) is 17.8 Å². The number of aliphatic hydroxyl groups excluding tert-OH is 1. The van der Waals surface area contributed by atoms with E-state index in [1.54, 1.807) is 31.2 Å². The lowest BCUT2D eigenvalue weighted by Crippen LogP contribution is -2.16. The molecule has 2 rings (SSSR count). The Morgan fingerprint density at radius 1 is 1.11 bits per heavy atom. The second-order valence-corrected chi connectivity index (χ2v) is 5.78. The smallest absolute Gasteiger partial charge is 0.338 e. The number of nitrogens with one attached hydrogen (secondary N) is 2. The zero-order valence-electron chi connectivity index (χ0n) is 15.4. The van der Waals surface area contributed by atoms with Gasteiger partial charge >= 0.3 is 5.97 Å². The normalized spacial score (nSPS) is 10.7. The van der Waals surface area contributed by atoms with E-state index >= 15 is 0 Å². The molecule has 7 heteroatoms. The lowest BCUT2D eigenvalue weighted by Gasteiger charge is -2.07. The molecule has 0 fully saturated rings. The maximum Gasteiger partial charge on any atom is 0.338 e. The molecule has 2 aromatic carbocycles. The maximum absolute atomic E-state index is 12.2. The summed E-state index contributed by atoms with van der Waals surface area (Å²) in [6.45, 7) is 2.41. The van der Waals surface area contributed by atoms with E-state index in [1.807, 2.05) is 18.2 Å². The van der Waals surface area contributed by atoms with Gasteiger partial charge in [-0.3, -0.25) is 4.79 Å². The molecule has 1 amide bonds. The molecule has 0 aromatic heterocycles. The lowest BCUT2D eigenvalue weighted by molar-refractivity contribution is -0.112. The van der Waals surface area contributed by atoms with Gasteiger partial charge in [0.05, 0.1) is 18.8 Å². The third-order valence-electron chi connectivity index (χ3n) is 3.78. The standard InChI is InChI=1S/C21H21N3O4/c1-2-28-21(27)17-7-9-19(10-8-17)24-20(26)18(11-22)13-23-12-15-3-5-16(14-25)6-4-15/h3-10,13,23,25H,2,12,14H2,1H3,(H,24,26)/b18-13-. The zero-order valence-corrected chi connectivity index (χ0v) is 15.4. The lowest BCUT2D eigenvalue weighted by atomic mass is 10.1. The third kappa shape index (κ3) is 5.97. The highest BCUT2D eigenvalue weighted by Crippen LogP contribution is 2.12. The Labute approximate surface area is 163 Å². The number of rotatable bonds is 8. The molecule has 144 valence electrons. The number of ether oxygens (including phenoxy) is 1. The van der Waals surface area contributed by atoms with Crippen LogP contribution in [0.2, 0.25) is 0 Å². The molecule has 0 saturated carbocycles. The first-order valence-electron chi connectivity index (χ1n) is 8.68. The first kappa shape index (κ1) is 20.7. The van der Waals surface area contributed by atoms with Gasteiger partial charge in [0.15, 0.2) is 0 Å². The molecular weight excluding hydrogens is 358 g/mol. The predicted octanol–water partition coefficient (Wildman–Crippen LogP) is 2.49. The van der Waals surface area contributed by atoms with Gasteiger partial charge in [-0.25, -0.2) is 4.79 Å². The van der Waals surface area contributed by atoms with Gasteiger partial charge in [-0.2, -0.15) is 5.26 Å². The molecule has 0 unspecified atom stereocenters. The van der Waals surface area contributed by atoms with Gasteiger partial charge in [0.2, 0.25) is 0 Å². The SMILES string of the molecule is CCOC(=O)c1ccc(NC(=O)/C(C#N)=C\NCc2ccc(CO)cc2)cc1. The number of benzene rings is 2. The summed E-state index contributed by atoms with van der Waals surface area (Å²) in [6.07, 6.45) is 1.35. The van der Waals surface area contributed by atoms with Gasteiger partial charge in [0.25, 0.3) is 5.91 Å². The van der Waals surface area contributed by atoms with Crippen molar-refractivity contribution in [2.45, 2.75) is 20.1 Å². The van der Waals surface area contributed by atoms with E-state index in [4.69, 9.17) is 9.84 Å². The minimum Gasteiger partial charge on any atom is -0.462 e. The van der Waals surface area contributed by atoms with Gasteiger partial charge < -0.3 is 20.5 Å². The van der Waals surface area contributed by atoms with Crippen LogP contribution in [-0.4, -0.2) is 23.6 Å².